The summed E-state index contributed by atoms with van der Waals surface area (Å²) in [4.78, 5) is 53.1. The summed E-state index contributed by atoms with van der Waals surface area (Å²) >= 11 is 5.57. The fourth-order valence-electron chi connectivity index (χ4n) is 5.79. The lowest BCUT2D eigenvalue weighted by Crippen LogP contribution is -2.40. The van der Waals surface area contributed by atoms with E-state index in [0.717, 1.165) is 22.6 Å². The second kappa shape index (κ2) is 19.1. The first kappa shape index (κ1) is 39.2. The number of hydrogen-bond donors (Lipinski definition) is 4. The number of benzene rings is 2. The second-order valence-corrected chi connectivity index (χ2v) is 12.6. The van der Waals surface area contributed by atoms with Crippen LogP contribution in [0.1, 0.15) is 74.8 Å². The molecule has 2 fully saturated rings. The average molecular weight is 727 g/mol. The van der Waals surface area contributed by atoms with Crippen molar-refractivity contribution in [2.45, 2.75) is 63.7 Å². The fourth-order valence-corrected chi connectivity index (χ4v) is 5.96. The number of methoxy groups -OCH3 is 2. The van der Waals surface area contributed by atoms with Gasteiger partial charge in [-0.15, -0.1) is 0 Å². The van der Waals surface area contributed by atoms with Crippen molar-refractivity contribution in [3.05, 3.63) is 119 Å². The van der Waals surface area contributed by atoms with E-state index in [9.17, 15) is 19.2 Å². The van der Waals surface area contributed by atoms with Gasteiger partial charge in [0.2, 0.25) is 0 Å². The van der Waals surface area contributed by atoms with Gasteiger partial charge in [0.15, 0.2) is 0 Å². The van der Waals surface area contributed by atoms with E-state index in [1.807, 2.05) is 62.4 Å². The van der Waals surface area contributed by atoms with Crippen LogP contribution in [0.5, 0.6) is 11.5 Å². The quantitative estimate of drug-likeness (QED) is 0.191. The normalized spacial score (nSPS) is 16.0. The van der Waals surface area contributed by atoms with Crippen molar-refractivity contribution in [3.8, 4) is 11.5 Å². The van der Waals surface area contributed by atoms with Crippen LogP contribution in [0, 0.1) is 0 Å². The standard InChI is InChI=1S/C18H23N3O4.C9H11ClN2O3.C9H13NO/c1-12(13-4-3-5-15(10-13)24-2)19-16-11-17(22)21(18(23)20-16)14-6-8-25-9-7-14;10-7-5-8(13)12(9(14)11-7)6-1-3-15-4-2-6;1-7(10)8-4-3-5-9(6-8)11-2/h3-5,10-12,14,19H,6-9H2,1-2H3,(H,20,23);5-6H,1-4H2,(H,11,14);3-7H,10H2,1-2H3/t12-;;7-/m0.0/s1. The highest BCUT2D eigenvalue weighted by Gasteiger charge is 2.21. The van der Waals surface area contributed by atoms with Crippen LogP contribution >= 0.6 is 11.6 Å². The van der Waals surface area contributed by atoms with E-state index in [4.69, 9.17) is 36.3 Å². The summed E-state index contributed by atoms with van der Waals surface area (Å²) in [6.07, 6.45) is 2.72. The van der Waals surface area contributed by atoms with Gasteiger partial charge in [-0.25, -0.2) is 9.59 Å². The minimum atomic E-state index is -0.445. The molecular weight excluding hydrogens is 680 g/mol. The second-order valence-electron chi connectivity index (χ2n) is 12.2. The predicted octanol–water partition coefficient (Wildman–Crippen LogP) is 4.33. The molecule has 0 bridgehead atoms. The molecule has 0 spiro atoms. The first-order valence-electron chi connectivity index (χ1n) is 16.8. The van der Waals surface area contributed by atoms with Gasteiger partial charge in [0.25, 0.3) is 11.1 Å². The predicted molar refractivity (Wildman–Crippen MR) is 196 cm³/mol. The van der Waals surface area contributed by atoms with Crippen LogP contribution in [-0.4, -0.2) is 59.7 Å². The van der Waals surface area contributed by atoms with E-state index in [1.54, 1.807) is 14.2 Å². The summed E-state index contributed by atoms with van der Waals surface area (Å²) < 4.78 is 23.3. The minimum Gasteiger partial charge on any atom is -0.497 e. The van der Waals surface area contributed by atoms with Gasteiger partial charge in [0.05, 0.1) is 20.3 Å². The topological polar surface area (TPSA) is 185 Å². The zero-order valence-corrected chi connectivity index (χ0v) is 30.1. The molecule has 2 saturated heterocycles. The number of halogens is 1. The molecule has 14 nitrogen and oxygen atoms in total. The van der Waals surface area contributed by atoms with Crippen LogP contribution in [0.25, 0.3) is 0 Å². The molecule has 2 aromatic heterocycles. The summed E-state index contributed by atoms with van der Waals surface area (Å²) in [6.45, 7) is 6.22. The van der Waals surface area contributed by atoms with Crippen molar-refractivity contribution in [1.29, 1.82) is 0 Å². The third kappa shape index (κ3) is 11.2. The van der Waals surface area contributed by atoms with Gasteiger partial charge in [-0.1, -0.05) is 35.9 Å². The van der Waals surface area contributed by atoms with Gasteiger partial charge in [-0.3, -0.25) is 28.7 Å². The highest BCUT2D eigenvalue weighted by molar-refractivity contribution is 6.29. The van der Waals surface area contributed by atoms with E-state index in [2.05, 4.69) is 15.3 Å². The highest BCUT2D eigenvalue weighted by atomic mass is 35.5. The Bertz CT molecular complexity index is 1880. The fraction of sp³-hybridized carbons (Fsp3) is 0.444. The molecule has 0 saturated carbocycles. The summed E-state index contributed by atoms with van der Waals surface area (Å²) in [5.74, 6) is 2.03. The number of aromatic amines is 2. The average Bonchev–Trinajstić information content (AvgIpc) is 3.12. The van der Waals surface area contributed by atoms with Crippen molar-refractivity contribution in [2.24, 2.45) is 5.73 Å². The molecule has 2 aliphatic rings. The lowest BCUT2D eigenvalue weighted by atomic mass is 10.1. The van der Waals surface area contributed by atoms with Gasteiger partial charge in [0.1, 0.15) is 22.5 Å². The number of ether oxygens (including phenoxy) is 4. The molecule has 51 heavy (non-hydrogen) atoms. The zero-order chi connectivity index (χ0) is 36.9. The molecule has 0 amide bonds. The Hall–Kier alpha value is -4.63. The van der Waals surface area contributed by atoms with Gasteiger partial charge in [0, 0.05) is 56.7 Å². The Morgan fingerprint density at radius 3 is 1.69 bits per heavy atom. The maximum absolute atomic E-state index is 12.4. The first-order chi connectivity index (χ1) is 24.5. The number of H-pyrrole nitrogens is 2. The van der Waals surface area contributed by atoms with Crippen molar-refractivity contribution in [2.75, 3.05) is 46.0 Å². The van der Waals surface area contributed by atoms with Crippen molar-refractivity contribution in [3.63, 3.8) is 0 Å². The Morgan fingerprint density at radius 1 is 0.745 bits per heavy atom. The van der Waals surface area contributed by atoms with Crippen molar-refractivity contribution >= 4 is 17.4 Å². The third-order valence-electron chi connectivity index (χ3n) is 8.60. The molecule has 5 N–H and O–H groups in total. The summed E-state index contributed by atoms with van der Waals surface area (Å²) in [7, 11) is 3.27. The number of nitrogens with two attached hydrogens (primary N) is 1. The number of aromatic nitrogens is 4. The molecule has 2 aliphatic heterocycles. The monoisotopic (exact) mass is 726 g/mol. The molecular formula is C36H47ClN6O8. The molecule has 6 rings (SSSR count). The van der Waals surface area contributed by atoms with Crippen molar-refractivity contribution < 1.29 is 18.9 Å². The minimum absolute atomic E-state index is 0.0742. The lowest BCUT2D eigenvalue weighted by Gasteiger charge is -2.23. The van der Waals surface area contributed by atoms with Gasteiger partial charge in [-0.2, -0.15) is 0 Å². The summed E-state index contributed by atoms with van der Waals surface area (Å²) in [5, 5.41) is 3.25. The van der Waals surface area contributed by atoms with E-state index in [-0.39, 0.29) is 46.1 Å². The number of nitrogens with one attached hydrogen (secondary N) is 3. The van der Waals surface area contributed by atoms with E-state index < -0.39 is 5.69 Å². The van der Waals surface area contributed by atoms with Gasteiger partial charge >= 0.3 is 11.4 Å². The molecule has 15 heteroatoms. The number of nitrogens with zero attached hydrogens (tertiary/aromatic N) is 2. The maximum atomic E-state index is 12.4. The van der Waals surface area contributed by atoms with Crippen LogP contribution in [0.3, 0.4) is 0 Å². The molecule has 2 aromatic carbocycles. The number of rotatable bonds is 8. The third-order valence-corrected chi connectivity index (χ3v) is 8.80. The maximum Gasteiger partial charge on any atom is 0.330 e. The van der Waals surface area contributed by atoms with Crippen molar-refractivity contribution in [1.82, 2.24) is 19.1 Å². The lowest BCUT2D eigenvalue weighted by molar-refractivity contribution is 0.0673. The molecule has 4 heterocycles. The summed E-state index contributed by atoms with van der Waals surface area (Å²) in [6, 6.07) is 17.9. The Balaban J connectivity index is 0.000000190. The molecule has 4 aromatic rings. The number of hydrogen-bond acceptors (Lipinski definition) is 10. The highest BCUT2D eigenvalue weighted by Crippen LogP contribution is 2.22. The van der Waals surface area contributed by atoms with Crippen LogP contribution in [-0.2, 0) is 9.47 Å². The van der Waals surface area contributed by atoms with E-state index in [0.29, 0.717) is 57.9 Å². The molecule has 2 atom stereocenters. The van der Waals surface area contributed by atoms with E-state index >= 15 is 0 Å². The van der Waals surface area contributed by atoms with Crippen LogP contribution in [0.4, 0.5) is 5.82 Å². The molecule has 0 aliphatic carbocycles. The smallest absolute Gasteiger partial charge is 0.330 e. The number of anilines is 1. The summed E-state index contributed by atoms with van der Waals surface area (Å²) in [5.41, 5.74) is 6.30. The van der Waals surface area contributed by atoms with Gasteiger partial charge < -0.3 is 30.0 Å². The molecule has 0 unspecified atom stereocenters. The molecule has 276 valence electrons. The van der Waals surface area contributed by atoms with Crippen LogP contribution in [0.15, 0.2) is 79.8 Å². The Morgan fingerprint density at radius 2 is 1.22 bits per heavy atom. The van der Waals surface area contributed by atoms with E-state index in [1.165, 1.54) is 21.3 Å². The van der Waals surface area contributed by atoms with Crippen LogP contribution < -0.4 is 43.0 Å². The van der Waals surface area contributed by atoms with Gasteiger partial charge in [-0.05, 0) is 74.9 Å². The molecule has 0 radical (unpaired) electrons. The largest absolute Gasteiger partial charge is 0.497 e. The SMILES string of the molecule is COc1cccc([C@H](C)N)c1.COc1cccc([C@H](C)Nc2cc(=O)n(C3CCOCC3)c(=O)[nH]2)c1.O=c1cc(Cl)[nH]c(=O)n1C1CCOCC1. The Kier molecular flexibility index (Phi) is 14.7. The zero-order valence-electron chi connectivity index (χ0n) is 29.4. The Labute approximate surface area is 300 Å². The van der Waals surface area contributed by atoms with Crippen LogP contribution in [0.2, 0.25) is 5.15 Å². The first-order valence-corrected chi connectivity index (χ1v) is 17.2.